The minimum absolute atomic E-state index is 0.151. The van der Waals surface area contributed by atoms with Crippen LogP contribution in [0.3, 0.4) is 0 Å². The molecule has 32 heavy (non-hydrogen) atoms. The summed E-state index contributed by atoms with van der Waals surface area (Å²) in [4.78, 5) is 35.7. The lowest BCUT2D eigenvalue weighted by atomic mass is 9.88. The van der Waals surface area contributed by atoms with Gasteiger partial charge in [0, 0.05) is 43.2 Å². The van der Waals surface area contributed by atoms with E-state index in [9.17, 15) is 14.4 Å². The first kappa shape index (κ1) is 22.7. The van der Waals surface area contributed by atoms with Gasteiger partial charge in [-0.1, -0.05) is 60.7 Å². The second-order valence-electron chi connectivity index (χ2n) is 7.58. The van der Waals surface area contributed by atoms with E-state index in [0.717, 1.165) is 6.42 Å². The highest BCUT2D eigenvalue weighted by Crippen LogP contribution is 2.27. The monoisotopic (exact) mass is 429 g/mol. The first-order chi connectivity index (χ1) is 15.4. The van der Waals surface area contributed by atoms with Gasteiger partial charge in [-0.25, -0.2) is 0 Å². The number of carbonyl (C=O) groups is 3. The van der Waals surface area contributed by atoms with Crippen LogP contribution in [-0.2, 0) is 9.59 Å². The molecule has 0 atom stereocenters. The molecule has 3 aromatic rings. The van der Waals surface area contributed by atoms with Crippen molar-refractivity contribution in [3.05, 3.63) is 95.6 Å². The van der Waals surface area contributed by atoms with Gasteiger partial charge in [-0.2, -0.15) is 0 Å². The van der Waals surface area contributed by atoms with E-state index in [1.54, 1.807) is 18.2 Å². The van der Waals surface area contributed by atoms with Crippen molar-refractivity contribution in [1.82, 2.24) is 5.32 Å². The summed E-state index contributed by atoms with van der Waals surface area (Å²) in [5.74, 6) is -0.642. The van der Waals surface area contributed by atoms with Crippen molar-refractivity contribution in [2.24, 2.45) is 0 Å². The molecule has 6 heteroatoms. The molecule has 164 valence electrons. The van der Waals surface area contributed by atoms with Crippen LogP contribution in [0.2, 0.25) is 0 Å². The standard InChI is InChI=1S/C26H27N3O3/c1-18(30)28-23-15-22(16-24(17-23)29-19(2)31)26(32)27-14-13-25(20-9-5-3-6-10-20)21-11-7-4-8-12-21/h3-12,15-17,25H,13-14H2,1-2H3,(H,27,32)(H,28,30)(H,29,31). The minimum Gasteiger partial charge on any atom is -0.352 e. The van der Waals surface area contributed by atoms with Crippen LogP contribution < -0.4 is 16.0 Å². The number of anilines is 2. The molecule has 0 aliphatic heterocycles. The number of nitrogens with one attached hydrogen (secondary N) is 3. The fourth-order valence-electron chi connectivity index (χ4n) is 3.64. The van der Waals surface area contributed by atoms with Crippen molar-refractivity contribution in [2.75, 3.05) is 17.2 Å². The van der Waals surface area contributed by atoms with Crippen LogP contribution in [0.1, 0.15) is 47.7 Å². The third-order valence-corrected chi connectivity index (χ3v) is 4.96. The number of carbonyl (C=O) groups excluding carboxylic acids is 3. The number of hydrogen-bond acceptors (Lipinski definition) is 3. The van der Waals surface area contributed by atoms with Crippen LogP contribution in [0.5, 0.6) is 0 Å². The lowest BCUT2D eigenvalue weighted by Gasteiger charge is -2.18. The number of rotatable bonds is 8. The van der Waals surface area contributed by atoms with Gasteiger partial charge in [-0.05, 0) is 35.7 Å². The SMILES string of the molecule is CC(=O)Nc1cc(NC(C)=O)cc(C(=O)NCCC(c2ccccc2)c2ccccc2)c1. The lowest BCUT2D eigenvalue weighted by molar-refractivity contribution is -0.115. The number of amides is 3. The second kappa shape index (κ2) is 10.9. The van der Waals surface area contributed by atoms with Crippen molar-refractivity contribution in [1.29, 1.82) is 0 Å². The predicted molar refractivity (Wildman–Crippen MR) is 127 cm³/mol. The van der Waals surface area contributed by atoms with Crippen molar-refractivity contribution < 1.29 is 14.4 Å². The molecule has 0 aliphatic rings. The Morgan fingerprint density at radius 2 is 1.19 bits per heavy atom. The third kappa shape index (κ3) is 6.54. The molecule has 0 saturated heterocycles. The minimum atomic E-state index is -0.274. The molecule has 3 N–H and O–H groups in total. The Hall–Kier alpha value is -3.93. The van der Waals surface area contributed by atoms with Crippen LogP contribution in [0.4, 0.5) is 11.4 Å². The Bertz CT molecular complexity index is 1010. The smallest absolute Gasteiger partial charge is 0.251 e. The molecule has 3 aromatic carbocycles. The van der Waals surface area contributed by atoms with E-state index in [0.29, 0.717) is 23.5 Å². The maximum atomic E-state index is 12.8. The molecule has 0 saturated carbocycles. The summed E-state index contributed by atoms with van der Waals surface area (Å²) in [5, 5.41) is 8.29. The average Bonchev–Trinajstić information content (AvgIpc) is 2.76. The summed E-state index contributed by atoms with van der Waals surface area (Å²) in [6.45, 7) is 3.24. The molecule has 0 fully saturated rings. The normalized spacial score (nSPS) is 10.5. The van der Waals surface area contributed by atoms with Crippen LogP contribution in [0.15, 0.2) is 78.9 Å². The van der Waals surface area contributed by atoms with Crippen molar-refractivity contribution in [3.63, 3.8) is 0 Å². The Balaban J connectivity index is 1.73. The Morgan fingerprint density at radius 3 is 1.62 bits per heavy atom. The van der Waals surface area contributed by atoms with E-state index in [2.05, 4.69) is 40.2 Å². The molecule has 0 radical (unpaired) electrons. The summed E-state index contributed by atoms with van der Waals surface area (Å²) < 4.78 is 0. The Morgan fingerprint density at radius 1 is 0.719 bits per heavy atom. The molecule has 0 bridgehead atoms. The summed E-state index contributed by atoms with van der Waals surface area (Å²) in [7, 11) is 0. The van der Waals surface area contributed by atoms with E-state index >= 15 is 0 Å². The summed E-state index contributed by atoms with van der Waals surface area (Å²) in [5.41, 5.74) is 3.62. The van der Waals surface area contributed by atoms with E-state index < -0.39 is 0 Å². The molecule has 0 unspecified atom stereocenters. The molecule has 3 amide bonds. The highest BCUT2D eigenvalue weighted by molar-refractivity contribution is 5.99. The van der Waals surface area contributed by atoms with Gasteiger partial charge in [-0.3, -0.25) is 14.4 Å². The third-order valence-electron chi connectivity index (χ3n) is 4.96. The zero-order valence-corrected chi connectivity index (χ0v) is 18.2. The molecule has 0 heterocycles. The van der Waals surface area contributed by atoms with Gasteiger partial charge in [0.05, 0.1) is 0 Å². The lowest BCUT2D eigenvalue weighted by Crippen LogP contribution is -2.26. The molecule has 0 aliphatic carbocycles. The Labute approximate surface area is 188 Å². The fraction of sp³-hybridized carbons (Fsp3) is 0.192. The quantitative estimate of drug-likeness (QED) is 0.491. The van der Waals surface area contributed by atoms with Gasteiger partial charge >= 0.3 is 0 Å². The van der Waals surface area contributed by atoms with Gasteiger partial charge < -0.3 is 16.0 Å². The summed E-state index contributed by atoms with van der Waals surface area (Å²) in [6.07, 6.45) is 0.726. The van der Waals surface area contributed by atoms with Gasteiger partial charge in [0.2, 0.25) is 11.8 Å². The molecule has 0 aromatic heterocycles. The highest BCUT2D eigenvalue weighted by Gasteiger charge is 2.15. The topological polar surface area (TPSA) is 87.3 Å². The largest absolute Gasteiger partial charge is 0.352 e. The van der Waals surface area contributed by atoms with Crippen LogP contribution in [-0.4, -0.2) is 24.3 Å². The number of hydrogen-bond donors (Lipinski definition) is 3. The van der Waals surface area contributed by atoms with Crippen molar-refractivity contribution >= 4 is 29.1 Å². The van der Waals surface area contributed by atoms with Gasteiger partial charge in [0.25, 0.3) is 5.91 Å². The first-order valence-electron chi connectivity index (χ1n) is 10.5. The summed E-state index contributed by atoms with van der Waals surface area (Å²) in [6, 6.07) is 25.2. The van der Waals surface area contributed by atoms with E-state index in [1.807, 2.05) is 36.4 Å². The second-order valence-corrected chi connectivity index (χ2v) is 7.58. The van der Waals surface area contributed by atoms with Gasteiger partial charge in [-0.15, -0.1) is 0 Å². The first-order valence-corrected chi connectivity index (χ1v) is 10.5. The molecular weight excluding hydrogens is 402 g/mol. The molecule has 0 spiro atoms. The average molecular weight is 430 g/mol. The zero-order chi connectivity index (χ0) is 22.9. The van der Waals surface area contributed by atoms with Gasteiger partial charge in [0.1, 0.15) is 0 Å². The number of benzene rings is 3. The Kier molecular flexibility index (Phi) is 7.75. The van der Waals surface area contributed by atoms with E-state index in [-0.39, 0.29) is 23.6 Å². The van der Waals surface area contributed by atoms with E-state index in [1.165, 1.54) is 25.0 Å². The molecule has 3 rings (SSSR count). The molecular formula is C26H27N3O3. The molecule has 6 nitrogen and oxygen atoms in total. The van der Waals surface area contributed by atoms with Crippen LogP contribution in [0, 0.1) is 0 Å². The van der Waals surface area contributed by atoms with Crippen molar-refractivity contribution in [3.8, 4) is 0 Å². The zero-order valence-electron chi connectivity index (χ0n) is 18.2. The summed E-state index contributed by atoms with van der Waals surface area (Å²) >= 11 is 0. The van der Waals surface area contributed by atoms with E-state index in [4.69, 9.17) is 0 Å². The van der Waals surface area contributed by atoms with Gasteiger partial charge in [0.15, 0.2) is 0 Å². The van der Waals surface area contributed by atoms with Crippen molar-refractivity contribution in [2.45, 2.75) is 26.2 Å². The highest BCUT2D eigenvalue weighted by atomic mass is 16.2. The van der Waals surface area contributed by atoms with Crippen LogP contribution in [0.25, 0.3) is 0 Å². The van der Waals surface area contributed by atoms with Crippen LogP contribution >= 0.6 is 0 Å². The predicted octanol–water partition coefficient (Wildman–Crippen LogP) is 4.56. The maximum absolute atomic E-state index is 12.8. The fourth-order valence-corrected chi connectivity index (χ4v) is 3.64. The maximum Gasteiger partial charge on any atom is 0.251 e.